The number of rotatable bonds is 1. The zero-order valence-corrected chi connectivity index (χ0v) is 9.18. The number of fused-ring (bicyclic) bond motifs is 1. The predicted octanol–water partition coefficient (Wildman–Crippen LogP) is 2.28. The number of nitrogens with one attached hydrogen (secondary N) is 2. The van der Waals surface area contributed by atoms with E-state index in [1.165, 1.54) is 0 Å². The number of nitrogens with two attached hydrogens (primary N) is 1. The van der Waals surface area contributed by atoms with Gasteiger partial charge in [-0.15, -0.1) is 0 Å². The third kappa shape index (κ3) is 2.75. The molecule has 0 radical (unpaired) electrons. The van der Waals surface area contributed by atoms with Gasteiger partial charge in [-0.1, -0.05) is 18.2 Å². The van der Waals surface area contributed by atoms with Crippen LogP contribution in [0.5, 0.6) is 0 Å². The summed E-state index contributed by atoms with van der Waals surface area (Å²) in [7, 11) is 0. The van der Waals surface area contributed by atoms with E-state index in [1.807, 2.05) is 48.8 Å². The van der Waals surface area contributed by atoms with Crippen molar-refractivity contribution in [2.24, 2.45) is 5.73 Å². The first-order valence-electron chi connectivity index (χ1n) is 5.22. The van der Waals surface area contributed by atoms with Crippen LogP contribution in [0.4, 0.5) is 0 Å². The number of hydrogen-bond donors (Lipinski definition) is 3. The fourth-order valence-corrected chi connectivity index (χ4v) is 1.48. The average molecular weight is 227 g/mol. The Morgan fingerprint density at radius 2 is 1.76 bits per heavy atom. The molecule has 0 aliphatic rings. The maximum absolute atomic E-state index is 10.8. The molecule has 0 bridgehead atoms. The number of benzene rings is 1. The molecule has 0 saturated carbocycles. The molecule has 1 amide bonds. The van der Waals surface area contributed by atoms with Crippen molar-refractivity contribution in [2.45, 2.75) is 0 Å². The van der Waals surface area contributed by atoms with E-state index in [-0.39, 0.29) is 0 Å². The van der Waals surface area contributed by atoms with Crippen molar-refractivity contribution in [3.8, 4) is 0 Å². The molecule has 2 heterocycles. The summed E-state index contributed by atoms with van der Waals surface area (Å²) < 4.78 is 0. The lowest BCUT2D eigenvalue weighted by atomic mass is 10.2. The second kappa shape index (κ2) is 5.03. The number of carbonyl (C=O) groups is 1. The highest BCUT2D eigenvalue weighted by molar-refractivity contribution is 5.96. The summed E-state index contributed by atoms with van der Waals surface area (Å²) >= 11 is 0. The van der Waals surface area contributed by atoms with Gasteiger partial charge in [0.15, 0.2) is 0 Å². The van der Waals surface area contributed by atoms with Crippen LogP contribution in [-0.2, 0) is 0 Å². The Morgan fingerprint density at radius 3 is 2.29 bits per heavy atom. The molecule has 3 aromatic rings. The van der Waals surface area contributed by atoms with Crippen LogP contribution in [0.1, 0.15) is 10.5 Å². The standard InChI is InChI=1S/C9H8N2O.C4H5N/c10-9(12)8-5-6-3-1-2-4-7(6)11-8;1-2-4-5-3-1/h1-5,11H,(H2,10,12);1-5H. The summed E-state index contributed by atoms with van der Waals surface area (Å²) in [6.45, 7) is 0. The second-order valence-electron chi connectivity index (χ2n) is 3.52. The summed E-state index contributed by atoms with van der Waals surface area (Å²) in [4.78, 5) is 16.5. The van der Waals surface area contributed by atoms with Crippen LogP contribution in [0, 0.1) is 0 Å². The molecule has 0 spiro atoms. The van der Waals surface area contributed by atoms with Crippen molar-refractivity contribution in [2.75, 3.05) is 0 Å². The second-order valence-corrected chi connectivity index (χ2v) is 3.52. The fraction of sp³-hybridized carbons (Fsp3) is 0. The predicted molar refractivity (Wildman–Crippen MR) is 67.6 cm³/mol. The fourth-order valence-electron chi connectivity index (χ4n) is 1.48. The highest BCUT2D eigenvalue weighted by Gasteiger charge is 2.03. The molecule has 0 saturated heterocycles. The molecule has 4 N–H and O–H groups in total. The largest absolute Gasteiger partial charge is 0.368 e. The molecule has 0 fully saturated rings. The Hall–Kier alpha value is -2.49. The first kappa shape index (κ1) is 11.0. The molecule has 0 unspecified atom stereocenters. The van der Waals surface area contributed by atoms with Gasteiger partial charge in [0.25, 0.3) is 5.91 Å². The quantitative estimate of drug-likeness (QED) is 0.586. The van der Waals surface area contributed by atoms with Crippen molar-refractivity contribution in [1.82, 2.24) is 9.97 Å². The summed E-state index contributed by atoms with van der Waals surface area (Å²) in [5.41, 5.74) is 6.50. The van der Waals surface area contributed by atoms with Gasteiger partial charge in [0.1, 0.15) is 5.69 Å². The Kier molecular flexibility index (Phi) is 3.25. The van der Waals surface area contributed by atoms with Crippen molar-refractivity contribution in [1.29, 1.82) is 0 Å². The van der Waals surface area contributed by atoms with E-state index in [4.69, 9.17) is 5.73 Å². The van der Waals surface area contributed by atoms with Crippen LogP contribution in [0.2, 0.25) is 0 Å². The molecule has 0 atom stereocenters. The van der Waals surface area contributed by atoms with Crippen LogP contribution in [0.3, 0.4) is 0 Å². The minimum absolute atomic E-state index is 0.425. The Morgan fingerprint density at radius 1 is 1.06 bits per heavy atom. The zero-order chi connectivity index (χ0) is 12.1. The van der Waals surface area contributed by atoms with Crippen molar-refractivity contribution < 1.29 is 4.79 Å². The van der Waals surface area contributed by atoms with Crippen molar-refractivity contribution >= 4 is 16.8 Å². The van der Waals surface area contributed by atoms with E-state index in [0.29, 0.717) is 5.69 Å². The van der Waals surface area contributed by atoms with E-state index in [1.54, 1.807) is 6.07 Å². The van der Waals surface area contributed by atoms with Gasteiger partial charge in [0.2, 0.25) is 0 Å². The molecule has 0 aliphatic heterocycles. The average Bonchev–Trinajstić information content (AvgIpc) is 3.01. The van der Waals surface area contributed by atoms with Gasteiger partial charge >= 0.3 is 0 Å². The summed E-state index contributed by atoms with van der Waals surface area (Å²) in [5.74, 6) is -0.425. The van der Waals surface area contributed by atoms with Gasteiger partial charge in [-0.2, -0.15) is 0 Å². The van der Waals surface area contributed by atoms with Gasteiger partial charge in [0.05, 0.1) is 0 Å². The Bertz CT molecular complexity index is 546. The highest BCUT2D eigenvalue weighted by atomic mass is 16.1. The summed E-state index contributed by atoms with van der Waals surface area (Å²) in [6.07, 6.45) is 3.75. The maximum atomic E-state index is 10.8. The first-order chi connectivity index (χ1) is 8.27. The number of H-pyrrole nitrogens is 2. The number of carbonyl (C=O) groups excluding carboxylic acids is 1. The van der Waals surface area contributed by atoms with Gasteiger partial charge < -0.3 is 15.7 Å². The molecule has 0 aliphatic carbocycles. The van der Waals surface area contributed by atoms with Crippen LogP contribution in [-0.4, -0.2) is 15.9 Å². The summed E-state index contributed by atoms with van der Waals surface area (Å²) in [6, 6.07) is 13.3. The van der Waals surface area contributed by atoms with E-state index >= 15 is 0 Å². The lowest BCUT2D eigenvalue weighted by molar-refractivity contribution is 0.0996. The lowest BCUT2D eigenvalue weighted by Crippen LogP contribution is -2.10. The highest BCUT2D eigenvalue weighted by Crippen LogP contribution is 2.13. The molecule has 1 aromatic carbocycles. The third-order valence-electron chi connectivity index (χ3n) is 2.29. The minimum atomic E-state index is -0.425. The number of hydrogen-bond acceptors (Lipinski definition) is 1. The third-order valence-corrected chi connectivity index (χ3v) is 2.29. The molecule has 17 heavy (non-hydrogen) atoms. The number of aromatic nitrogens is 2. The Labute approximate surface area is 98.5 Å². The number of aromatic amines is 2. The SMILES string of the molecule is NC(=O)c1cc2ccccc2[nH]1.c1cc[nH]c1. The number of amides is 1. The first-order valence-corrected chi connectivity index (χ1v) is 5.22. The monoisotopic (exact) mass is 227 g/mol. The van der Waals surface area contributed by atoms with E-state index in [2.05, 4.69) is 9.97 Å². The van der Waals surface area contributed by atoms with E-state index < -0.39 is 5.91 Å². The molecular weight excluding hydrogens is 214 g/mol. The normalized spacial score (nSPS) is 9.65. The van der Waals surface area contributed by atoms with Gasteiger partial charge in [0, 0.05) is 23.3 Å². The number of primary amides is 1. The smallest absolute Gasteiger partial charge is 0.265 e. The minimum Gasteiger partial charge on any atom is -0.368 e. The molecular formula is C13H13N3O. The van der Waals surface area contributed by atoms with Crippen molar-refractivity contribution in [3.05, 3.63) is 60.6 Å². The molecule has 86 valence electrons. The summed E-state index contributed by atoms with van der Waals surface area (Å²) in [5, 5.41) is 1.01. The topological polar surface area (TPSA) is 74.7 Å². The van der Waals surface area contributed by atoms with Crippen molar-refractivity contribution in [3.63, 3.8) is 0 Å². The molecule has 4 heteroatoms. The van der Waals surface area contributed by atoms with Gasteiger partial charge in [-0.3, -0.25) is 4.79 Å². The molecule has 4 nitrogen and oxygen atoms in total. The molecule has 3 rings (SSSR count). The van der Waals surface area contributed by atoms with Gasteiger partial charge in [-0.05, 0) is 24.3 Å². The van der Waals surface area contributed by atoms with Crippen LogP contribution >= 0.6 is 0 Å². The van der Waals surface area contributed by atoms with Crippen LogP contribution < -0.4 is 5.73 Å². The molecule has 2 aromatic heterocycles. The number of para-hydroxylation sites is 1. The van der Waals surface area contributed by atoms with E-state index in [9.17, 15) is 4.79 Å². The van der Waals surface area contributed by atoms with Gasteiger partial charge in [-0.25, -0.2) is 0 Å². The van der Waals surface area contributed by atoms with Crippen LogP contribution in [0.15, 0.2) is 54.9 Å². The lowest BCUT2D eigenvalue weighted by Gasteiger charge is -1.85. The van der Waals surface area contributed by atoms with E-state index in [0.717, 1.165) is 10.9 Å². The Balaban J connectivity index is 0.000000181. The maximum Gasteiger partial charge on any atom is 0.265 e. The zero-order valence-electron chi connectivity index (χ0n) is 9.18. The van der Waals surface area contributed by atoms with Crippen LogP contribution in [0.25, 0.3) is 10.9 Å².